The van der Waals surface area contributed by atoms with Crippen LogP contribution in [0.5, 0.6) is 0 Å². The van der Waals surface area contributed by atoms with Crippen molar-refractivity contribution in [2.24, 2.45) is 0 Å². The lowest BCUT2D eigenvalue weighted by Gasteiger charge is -2.22. The number of hydrogen-bond acceptors (Lipinski definition) is 5. The maximum absolute atomic E-state index is 12.4. The number of hydrogen-bond donors (Lipinski definition) is 3. The fourth-order valence-corrected chi connectivity index (χ4v) is 9.55. The third-order valence-corrected chi connectivity index (χ3v) is 14.3. The lowest BCUT2D eigenvalue weighted by Crippen LogP contribution is -2.45. The van der Waals surface area contributed by atoms with E-state index in [4.69, 9.17) is 4.74 Å². The molecule has 0 saturated carbocycles. The number of allylic oxidation sites excluding steroid dienone is 4. The maximum Gasteiger partial charge on any atom is 0.305 e. The van der Waals surface area contributed by atoms with Gasteiger partial charge in [0.15, 0.2) is 0 Å². The number of esters is 1. The highest BCUT2D eigenvalue weighted by Crippen LogP contribution is 2.18. The molecule has 0 fully saturated rings. The smallest absolute Gasteiger partial charge is 0.305 e. The van der Waals surface area contributed by atoms with E-state index in [1.54, 1.807) is 0 Å². The van der Waals surface area contributed by atoms with E-state index in [0.717, 1.165) is 51.4 Å². The fourth-order valence-electron chi connectivity index (χ4n) is 9.55. The molecular weight excluding hydrogens is 839 g/mol. The Kier molecular flexibility index (Phi) is 56.5. The molecule has 0 spiro atoms. The summed E-state index contributed by atoms with van der Waals surface area (Å²) < 4.78 is 5.49. The van der Waals surface area contributed by atoms with Gasteiger partial charge in [0, 0.05) is 12.8 Å². The molecule has 0 aliphatic rings. The van der Waals surface area contributed by atoms with Gasteiger partial charge in [-0.25, -0.2) is 0 Å². The normalized spacial score (nSPS) is 12.7. The van der Waals surface area contributed by atoms with Crippen LogP contribution in [0.15, 0.2) is 24.3 Å². The van der Waals surface area contributed by atoms with Gasteiger partial charge < -0.3 is 20.3 Å². The third-order valence-electron chi connectivity index (χ3n) is 14.3. The monoisotopic (exact) mass is 958 g/mol. The van der Waals surface area contributed by atoms with Crippen LogP contribution < -0.4 is 5.32 Å². The Hall–Kier alpha value is -1.66. The van der Waals surface area contributed by atoms with Crippen molar-refractivity contribution in [2.75, 3.05) is 13.2 Å². The van der Waals surface area contributed by atoms with Crippen LogP contribution in [0.1, 0.15) is 335 Å². The zero-order valence-corrected chi connectivity index (χ0v) is 45.9. The first-order valence-corrected chi connectivity index (χ1v) is 30.6. The van der Waals surface area contributed by atoms with Crippen LogP contribution >= 0.6 is 0 Å². The molecule has 0 aromatic carbocycles. The summed E-state index contributed by atoms with van der Waals surface area (Å²) in [6.45, 7) is 4.92. The molecule has 2 unspecified atom stereocenters. The second-order valence-corrected chi connectivity index (χ2v) is 21.0. The molecule has 0 radical (unpaired) electrons. The van der Waals surface area contributed by atoms with E-state index in [1.807, 2.05) is 0 Å². The van der Waals surface area contributed by atoms with E-state index >= 15 is 0 Å². The van der Waals surface area contributed by atoms with Crippen LogP contribution in [-0.2, 0) is 14.3 Å². The molecule has 6 heteroatoms. The number of nitrogens with one attached hydrogen (secondary N) is 1. The van der Waals surface area contributed by atoms with Crippen LogP contribution in [0.25, 0.3) is 0 Å². The number of amides is 1. The number of carbonyl (C=O) groups excluding carboxylic acids is 2. The Morgan fingerprint density at radius 2 is 0.735 bits per heavy atom. The lowest BCUT2D eigenvalue weighted by atomic mass is 10.0. The summed E-state index contributed by atoms with van der Waals surface area (Å²) >= 11 is 0. The summed E-state index contributed by atoms with van der Waals surface area (Å²) in [5.41, 5.74) is 0. The molecule has 0 aliphatic carbocycles. The number of aliphatic hydroxyl groups is 2. The van der Waals surface area contributed by atoms with Gasteiger partial charge in [-0.15, -0.1) is 0 Å². The lowest BCUT2D eigenvalue weighted by molar-refractivity contribution is -0.143. The topological polar surface area (TPSA) is 95.9 Å². The highest BCUT2D eigenvalue weighted by molar-refractivity contribution is 5.76. The SMILES string of the molecule is CCCCC/C=C\C/C=C\CCCCCCCCCC(=O)OCCCCCCCCCCCCCCCCCCCCCCCCCCC(=O)NC(CO)C(O)CCCCCCCCCCCC. The molecule has 3 N–H and O–H groups in total. The van der Waals surface area contributed by atoms with Crippen LogP contribution in [0.2, 0.25) is 0 Å². The molecule has 6 nitrogen and oxygen atoms in total. The van der Waals surface area contributed by atoms with Crippen molar-refractivity contribution in [1.82, 2.24) is 5.32 Å². The third kappa shape index (κ3) is 53.7. The Labute approximate surface area is 424 Å². The molecule has 0 heterocycles. The largest absolute Gasteiger partial charge is 0.466 e. The van der Waals surface area contributed by atoms with Gasteiger partial charge in [-0.05, 0) is 57.8 Å². The Morgan fingerprint density at radius 3 is 1.15 bits per heavy atom. The first kappa shape index (κ1) is 66.3. The van der Waals surface area contributed by atoms with Crippen LogP contribution in [-0.4, -0.2) is 47.4 Å². The fraction of sp³-hybridized carbons (Fsp3) is 0.903. The summed E-state index contributed by atoms with van der Waals surface area (Å²) in [6, 6.07) is -0.538. The van der Waals surface area contributed by atoms with Gasteiger partial charge >= 0.3 is 5.97 Å². The zero-order valence-electron chi connectivity index (χ0n) is 45.9. The molecule has 68 heavy (non-hydrogen) atoms. The summed E-state index contributed by atoms with van der Waals surface area (Å²) in [7, 11) is 0. The summed E-state index contributed by atoms with van der Waals surface area (Å²) in [6.07, 6.45) is 70.5. The Balaban J connectivity index is 3.33. The number of unbranched alkanes of at least 4 members (excludes halogenated alkanes) is 42. The van der Waals surface area contributed by atoms with Gasteiger partial charge in [0.05, 0.1) is 25.4 Å². The van der Waals surface area contributed by atoms with Gasteiger partial charge in [0.25, 0.3) is 0 Å². The molecule has 2 atom stereocenters. The summed E-state index contributed by atoms with van der Waals surface area (Å²) in [5.74, 6) is -0.0267. The molecule has 0 aromatic rings. The van der Waals surface area contributed by atoms with E-state index in [0.29, 0.717) is 25.9 Å². The van der Waals surface area contributed by atoms with Gasteiger partial charge in [0.1, 0.15) is 0 Å². The minimum Gasteiger partial charge on any atom is -0.466 e. The van der Waals surface area contributed by atoms with E-state index in [2.05, 4.69) is 43.5 Å². The van der Waals surface area contributed by atoms with Gasteiger partial charge in [-0.3, -0.25) is 9.59 Å². The van der Waals surface area contributed by atoms with Gasteiger partial charge in [-0.1, -0.05) is 289 Å². The minimum absolute atomic E-state index is 0.00786. The molecular formula is C62H119NO5. The molecule has 1 amide bonds. The van der Waals surface area contributed by atoms with Crippen LogP contribution in [0.4, 0.5) is 0 Å². The average molecular weight is 959 g/mol. The molecule has 0 rings (SSSR count). The van der Waals surface area contributed by atoms with E-state index < -0.39 is 12.1 Å². The van der Waals surface area contributed by atoms with Gasteiger partial charge in [0.2, 0.25) is 5.91 Å². The van der Waals surface area contributed by atoms with E-state index in [-0.39, 0.29) is 18.5 Å². The maximum atomic E-state index is 12.4. The number of rotatable bonds is 57. The standard InChI is InChI=1S/C62H119NO5/c1-3-5-7-9-11-13-15-16-17-26-30-33-36-40-44-48-52-56-62(67)68-57-53-49-45-41-37-34-31-28-25-23-21-19-18-20-22-24-27-29-32-35-39-43-47-51-55-61(66)63-59(58-64)60(65)54-50-46-42-38-14-12-10-8-6-4-2/h11,13,16-17,59-60,64-65H,3-10,12,14-15,18-58H2,1-2H3,(H,63,66)/b13-11-,17-16-. The Morgan fingerprint density at radius 1 is 0.412 bits per heavy atom. The van der Waals surface area contributed by atoms with Crippen molar-refractivity contribution in [3.63, 3.8) is 0 Å². The van der Waals surface area contributed by atoms with Crippen molar-refractivity contribution in [1.29, 1.82) is 0 Å². The summed E-state index contributed by atoms with van der Waals surface area (Å²) in [4.78, 5) is 24.5. The van der Waals surface area contributed by atoms with Crippen molar-refractivity contribution in [3.8, 4) is 0 Å². The first-order chi connectivity index (χ1) is 33.5. The van der Waals surface area contributed by atoms with E-state index in [9.17, 15) is 19.8 Å². The van der Waals surface area contributed by atoms with Crippen molar-refractivity contribution < 1.29 is 24.5 Å². The highest BCUT2D eigenvalue weighted by Gasteiger charge is 2.20. The molecule has 0 aliphatic heterocycles. The van der Waals surface area contributed by atoms with Crippen LogP contribution in [0, 0.1) is 0 Å². The quantitative estimate of drug-likeness (QED) is 0.0321. The van der Waals surface area contributed by atoms with Crippen molar-refractivity contribution >= 4 is 11.9 Å². The van der Waals surface area contributed by atoms with Crippen molar-refractivity contribution in [3.05, 3.63) is 24.3 Å². The molecule has 0 saturated heterocycles. The number of ether oxygens (including phenoxy) is 1. The number of aliphatic hydroxyl groups excluding tert-OH is 2. The predicted octanol–water partition coefficient (Wildman–Crippen LogP) is 19.0. The summed E-state index contributed by atoms with van der Waals surface area (Å²) in [5, 5.41) is 23.2. The highest BCUT2D eigenvalue weighted by atomic mass is 16.5. The average Bonchev–Trinajstić information content (AvgIpc) is 3.34. The molecule has 402 valence electrons. The number of carbonyl (C=O) groups is 2. The second kappa shape index (κ2) is 57.9. The van der Waals surface area contributed by atoms with Crippen molar-refractivity contribution in [2.45, 2.75) is 347 Å². The second-order valence-electron chi connectivity index (χ2n) is 21.0. The van der Waals surface area contributed by atoms with Gasteiger partial charge in [-0.2, -0.15) is 0 Å². The Bertz CT molecular complexity index is 1060. The molecule has 0 bridgehead atoms. The zero-order chi connectivity index (χ0) is 49.3. The molecule has 0 aromatic heterocycles. The first-order valence-electron chi connectivity index (χ1n) is 30.6. The minimum atomic E-state index is -0.661. The van der Waals surface area contributed by atoms with Crippen LogP contribution in [0.3, 0.4) is 0 Å². The predicted molar refractivity (Wildman–Crippen MR) is 296 cm³/mol. The van der Waals surface area contributed by atoms with E-state index in [1.165, 1.54) is 250 Å².